The first kappa shape index (κ1) is 15.5. The molecule has 2 rings (SSSR count). The molecule has 1 heterocycles. The van der Waals surface area contributed by atoms with Crippen molar-refractivity contribution in [3.63, 3.8) is 0 Å². The fraction of sp³-hybridized carbons (Fsp3) is 0.500. The summed E-state index contributed by atoms with van der Waals surface area (Å²) in [6, 6.07) is 6.37. The summed E-state index contributed by atoms with van der Waals surface area (Å²) in [5, 5.41) is 17.6. The van der Waals surface area contributed by atoms with Gasteiger partial charge >= 0.3 is 5.97 Å². The predicted molar refractivity (Wildman–Crippen MR) is 76.0 cm³/mol. The normalized spacial score (nSPS) is 19.1. The largest absolute Gasteiger partial charge is 0.481 e. The van der Waals surface area contributed by atoms with E-state index in [-0.39, 0.29) is 12.2 Å². The molecule has 1 aromatic rings. The van der Waals surface area contributed by atoms with Crippen LogP contribution in [0, 0.1) is 23.1 Å². The number of benzene rings is 1. The maximum absolute atomic E-state index is 13.4. The van der Waals surface area contributed by atoms with Gasteiger partial charge in [0.05, 0.1) is 11.6 Å². The van der Waals surface area contributed by atoms with E-state index in [9.17, 15) is 9.18 Å². The number of nitriles is 1. The fourth-order valence-electron chi connectivity index (χ4n) is 2.92. The first-order valence-corrected chi connectivity index (χ1v) is 7.20. The van der Waals surface area contributed by atoms with Crippen LogP contribution in [-0.4, -0.2) is 29.1 Å². The Bertz CT molecular complexity index is 554. The van der Waals surface area contributed by atoms with Gasteiger partial charge in [0, 0.05) is 19.5 Å². The Hall–Kier alpha value is -1.93. The van der Waals surface area contributed by atoms with Crippen molar-refractivity contribution < 1.29 is 14.3 Å². The summed E-state index contributed by atoms with van der Waals surface area (Å²) in [7, 11) is 0. The van der Waals surface area contributed by atoms with Crippen LogP contribution in [-0.2, 0) is 11.3 Å². The molecule has 1 aliphatic heterocycles. The number of halogens is 1. The van der Waals surface area contributed by atoms with Crippen molar-refractivity contribution in [2.24, 2.45) is 5.92 Å². The van der Waals surface area contributed by atoms with Gasteiger partial charge in [-0.05, 0) is 55.5 Å². The van der Waals surface area contributed by atoms with Crippen molar-refractivity contribution in [1.29, 1.82) is 5.26 Å². The van der Waals surface area contributed by atoms with Gasteiger partial charge in [0.15, 0.2) is 0 Å². The lowest BCUT2D eigenvalue weighted by Gasteiger charge is -2.32. The third-order valence-electron chi connectivity index (χ3n) is 3.86. The molecule has 0 saturated carbocycles. The molecule has 1 N–H and O–H groups in total. The number of carbonyl (C=O) groups is 1. The Kier molecular flexibility index (Phi) is 5.29. The Labute approximate surface area is 123 Å². The summed E-state index contributed by atoms with van der Waals surface area (Å²) in [6.07, 6.45) is 2.98. The van der Waals surface area contributed by atoms with Crippen LogP contribution in [0.2, 0.25) is 0 Å². The molecule has 1 aliphatic rings. The molecule has 0 spiro atoms. The minimum Gasteiger partial charge on any atom is -0.481 e. The highest BCUT2D eigenvalue weighted by Crippen LogP contribution is 2.23. The second kappa shape index (κ2) is 7.19. The van der Waals surface area contributed by atoms with Crippen molar-refractivity contribution in [2.45, 2.75) is 32.2 Å². The third-order valence-corrected chi connectivity index (χ3v) is 3.86. The fourth-order valence-corrected chi connectivity index (χ4v) is 2.92. The van der Waals surface area contributed by atoms with Gasteiger partial charge < -0.3 is 5.11 Å². The molecule has 0 radical (unpaired) electrons. The lowest BCUT2D eigenvalue weighted by atomic mass is 9.93. The average Bonchev–Trinajstić information content (AvgIpc) is 2.45. The summed E-state index contributed by atoms with van der Waals surface area (Å²) < 4.78 is 13.4. The van der Waals surface area contributed by atoms with E-state index in [2.05, 4.69) is 4.90 Å². The van der Waals surface area contributed by atoms with Crippen LogP contribution in [0.1, 0.15) is 36.8 Å². The summed E-state index contributed by atoms with van der Waals surface area (Å²) in [5.74, 6) is -0.752. The zero-order chi connectivity index (χ0) is 15.2. The van der Waals surface area contributed by atoms with Crippen LogP contribution in [0.3, 0.4) is 0 Å². The van der Waals surface area contributed by atoms with E-state index in [1.807, 2.05) is 6.07 Å². The third kappa shape index (κ3) is 4.83. The monoisotopic (exact) mass is 290 g/mol. The SMILES string of the molecule is N#Cc1cc(F)cc(CN2CCCC(CCC(=O)O)C2)c1. The number of hydrogen-bond acceptors (Lipinski definition) is 3. The number of aliphatic carboxylic acids is 1. The molecule has 1 aromatic carbocycles. The average molecular weight is 290 g/mol. The Balaban J connectivity index is 1.94. The summed E-state index contributed by atoms with van der Waals surface area (Å²) >= 11 is 0. The van der Waals surface area contributed by atoms with Gasteiger partial charge in [-0.1, -0.05) is 0 Å². The molecule has 1 unspecified atom stereocenters. The number of piperidine rings is 1. The van der Waals surface area contributed by atoms with E-state index in [1.54, 1.807) is 6.07 Å². The number of nitrogens with zero attached hydrogens (tertiary/aromatic N) is 2. The molecule has 4 nitrogen and oxygen atoms in total. The summed E-state index contributed by atoms with van der Waals surface area (Å²) in [5.41, 5.74) is 1.13. The maximum atomic E-state index is 13.4. The van der Waals surface area contributed by atoms with E-state index >= 15 is 0 Å². The van der Waals surface area contributed by atoms with E-state index in [4.69, 9.17) is 10.4 Å². The van der Waals surface area contributed by atoms with Crippen molar-refractivity contribution in [3.05, 3.63) is 35.1 Å². The predicted octanol–water partition coefficient (Wildman–Crippen LogP) is 2.77. The Morgan fingerprint density at radius 1 is 1.48 bits per heavy atom. The van der Waals surface area contributed by atoms with Crippen LogP contribution in [0.15, 0.2) is 18.2 Å². The van der Waals surface area contributed by atoms with Crippen LogP contribution in [0.5, 0.6) is 0 Å². The zero-order valence-electron chi connectivity index (χ0n) is 11.9. The molecule has 21 heavy (non-hydrogen) atoms. The van der Waals surface area contributed by atoms with Crippen molar-refractivity contribution in [2.75, 3.05) is 13.1 Å². The van der Waals surface area contributed by atoms with Crippen LogP contribution < -0.4 is 0 Å². The lowest BCUT2D eigenvalue weighted by molar-refractivity contribution is -0.137. The Morgan fingerprint density at radius 2 is 2.29 bits per heavy atom. The van der Waals surface area contributed by atoms with Crippen molar-refractivity contribution >= 4 is 5.97 Å². The maximum Gasteiger partial charge on any atom is 0.303 e. The van der Waals surface area contributed by atoms with Gasteiger partial charge in [-0.3, -0.25) is 9.69 Å². The van der Waals surface area contributed by atoms with Crippen LogP contribution in [0.25, 0.3) is 0 Å². The van der Waals surface area contributed by atoms with E-state index in [0.29, 0.717) is 24.4 Å². The number of likely N-dealkylation sites (tertiary alicyclic amines) is 1. The van der Waals surface area contributed by atoms with Gasteiger partial charge in [-0.2, -0.15) is 5.26 Å². The highest BCUT2D eigenvalue weighted by molar-refractivity contribution is 5.66. The molecule has 1 fully saturated rings. The van der Waals surface area contributed by atoms with Gasteiger partial charge in [0.1, 0.15) is 5.82 Å². The molecule has 5 heteroatoms. The van der Waals surface area contributed by atoms with E-state index in [1.165, 1.54) is 12.1 Å². The number of rotatable bonds is 5. The molecule has 1 saturated heterocycles. The van der Waals surface area contributed by atoms with E-state index in [0.717, 1.165) is 31.5 Å². The second-order valence-corrected chi connectivity index (χ2v) is 5.64. The van der Waals surface area contributed by atoms with Crippen molar-refractivity contribution in [1.82, 2.24) is 4.90 Å². The van der Waals surface area contributed by atoms with Gasteiger partial charge in [-0.25, -0.2) is 4.39 Å². The summed E-state index contributed by atoms with van der Waals surface area (Å²) in [4.78, 5) is 12.9. The first-order valence-electron chi connectivity index (χ1n) is 7.20. The molecule has 1 atom stereocenters. The summed E-state index contributed by atoms with van der Waals surface area (Å²) in [6.45, 7) is 2.38. The highest BCUT2D eigenvalue weighted by Gasteiger charge is 2.20. The second-order valence-electron chi connectivity index (χ2n) is 5.64. The number of hydrogen-bond donors (Lipinski definition) is 1. The topological polar surface area (TPSA) is 64.3 Å². The molecule has 0 amide bonds. The van der Waals surface area contributed by atoms with E-state index < -0.39 is 5.97 Å². The molecule has 0 bridgehead atoms. The zero-order valence-corrected chi connectivity index (χ0v) is 11.9. The molecule has 0 aliphatic carbocycles. The van der Waals surface area contributed by atoms with Crippen LogP contribution in [0.4, 0.5) is 4.39 Å². The molecule has 112 valence electrons. The highest BCUT2D eigenvalue weighted by atomic mass is 19.1. The minimum absolute atomic E-state index is 0.205. The molecular formula is C16H19FN2O2. The Morgan fingerprint density at radius 3 is 3.00 bits per heavy atom. The smallest absolute Gasteiger partial charge is 0.303 e. The first-order chi connectivity index (χ1) is 10.1. The molecular weight excluding hydrogens is 271 g/mol. The van der Waals surface area contributed by atoms with Crippen LogP contribution >= 0.6 is 0 Å². The lowest BCUT2D eigenvalue weighted by Crippen LogP contribution is -2.35. The molecule has 0 aromatic heterocycles. The number of carboxylic acids is 1. The van der Waals surface area contributed by atoms with Crippen molar-refractivity contribution in [3.8, 4) is 6.07 Å². The minimum atomic E-state index is -0.754. The van der Waals surface area contributed by atoms with Gasteiger partial charge in [0.25, 0.3) is 0 Å². The quantitative estimate of drug-likeness (QED) is 0.905. The number of carboxylic acid groups (broad SMARTS) is 1. The standard InChI is InChI=1S/C16H19FN2O2/c17-15-7-13(9-18)6-14(8-15)11-19-5-1-2-12(10-19)3-4-16(20)21/h6-8,12H,1-5,10-11H2,(H,20,21). The van der Waals surface area contributed by atoms with Gasteiger partial charge in [0.2, 0.25) is 0 Å². The van der Waals surface area contributed by atoms with Gasteiger partial charge in [-0.15, -0.1) is 0 Å².